The van der Waals surface area contributed by atoms with Gasteiger partial charge in [0.25, 0.3) is 0 Å². The van der Waals surface area contributed by atoms with Crippen LogP contribution in [-0.2, 0) is 23.9 Å². The van der Waals surface area contributed by atoms with E-state index in [2.05, 4.69) is 0 Å². The van der Waals surface area contributed by atoms with E-state index in [-0.39, 0.29) is 11.5 Å². The molecule has 10 heteroatoms. The number of carboxylic acid groups (broad SMARTS) is 1. The second-order valence-corrected chi connectivity index (χ2v) is 8.04. The SMILES string of the molecule is O=C(/C=C/c1ccc(O)cc1)O[C@H]1C[C@@](O)(C(=O)O)CC(O)[C@@H]1OC(=O)/C=C/c1ccc(O)cc1. The van der Waals surface area contributed by atoms with Gasteiger partial charge in [-0.1, -0.05) is 24.3 Å². The highest BCUT2D eigenvalue weighted by Gasteiger charge is 2.52. The first-order valence-electron chi connectivity index (χ1n) is 10.5. The first-order chi connectivity index (χ1) is 16.6. The van der Waals surface area contributed by atoms with Crippen LogP contribution in [0.15, 0.2) is 60.7 Å². The van der Waals surface area contributed by atoms with Gasteiger partial charge in [-0.25, -0.2) is 14.4 Å². The van der Waals surface area contributed by atoms with Gasteiger partial charge in [0.2, 0.25) is 0 Å². The van der Waals surface area contributed by atoms with Gasteiger partial charge in [-0.05, 0) is 47.5 Å². The molecule has 0 aromatic heterocycles. The molecule has 1 unspecified atom stereocenters. The number of phenols is 2. The summed E-state index contributed by atoms with van der Waals surface area (Å²) >= 11 is 0. The quantitative estimate of drug-likeness (QED) is 0.287. The van der Waals surface area contributed by atoms with Crippen LogP contribution in [0.25, 0.3) is 12.2 Å². The third-order valence-electron chi connectivity index (χ3n) is 5.36. The number of aromatic hydroxyl groups is 2. The van der Waals surface area contributed by atoms with Crippen molar-refractivity contribution in [3.8, 4) is 11.5 Å². The predicted octanol–water partition coefficient (Wildman–Crippen LogP) is 1.62. The number of aliphatic hydroxyl groups is 2. The fraction of sp³-hybridized carbons (Fsp3) is 0.240. The molecule has 0 amide bonds. The predicted molar refractivity (Wildman–Crippen MR) is 122 cm³/mol. The van der Waals surface area contributed by atoms with Crippen molar-refractivity contribution < 1.29 is 49.4 Å². The molecular formula is C25H24O10. The van der Waals surface area contributed by atoms with Gasteiger partial charge in [0.1, 0.15) is 17.6 Å². The number of ether oxygens (including phenoxy) is 2. The van der Waals surface area contributed by atoms with E-state index in [4.69, 9.17) is 9.47 Å². The Morgan fingerprint density at radius 3 is 1.71 bits per heavy atom. The summed E-state index contributed by atoms with van der Waals surface area (Å²) in [5.41, 5.74) is -1.25. The summed E-state index contributed by atoms with van der Waals surface area (Å²) in [6, 6.07) is 11.8. The Bertz CT molecular complexity index is 1120. The molecule has 35 heavy (non-hydrogen) atoms. The molecule has 5 N–H and O–H groups in total. The Hall–Kier alpha value is -4.15. The number of carboxylic acids is 1. The maximum absolute atomic E-state index is 12.4. The van der Waals surface area contributed by atoms with E-state index in [9.17, 15) is 39.9 Å². The molecule has 1 aliphatic carbocycles. The fourth-order valence-electron chi connectivity index (χ4n) is 3.54. The smallest absolute Gasteiger partial charge is 0.335 e. The maximum Gasteiger partial charge on any atom is 0.335 e. The zero-order valence-electron chi connectivity index (χ0n) is 18.4. The summed E-state index contributed by atoms with van der Waals surface area (Å²) in [5.74, 6) is -3.36. The monoisotopic (exact) mass is 484 g/mol. The van der Waals surface area contributed by atoms with Gasteiger partial charge >= 0.3 is 17.9 Å². The van der Waals surface area contributed by atoms with E-state index in [0.717, 1.165) is 12.2 Å². The number of benzene rings is 2. The zero-order valence-corrected chi connectivity index (χ0v) is 18.4. The molecule has 0 heterocycles. The number of esters is 2. The molecule has 0 radical (unpaired) electrons. The lowest BCUT2D eigenvalue weighted by atomic mass is 9.79. The first-order valence-corrected chi connectivity index (χ1v) is 10.5. The lowest BCUT2D eigenvalue weighted by Crippen LogP contribution is -2.58. The fourth-order valence-corrected chi connectivity index (χ4v) is 3.54. The third kappa shape index (κ3) is 6.92. The van der Waals surface area contributed by atoms with Gasteiger partial charge in [-0.2, -0.15) is 0 Å². The van der Waals surface area contributed by atoms with Crippen LogP contribution in [-0.4, -0.2) is 67.4 Å². The molecule has 1 aliphatic rings. The minimum absolute atomic E-state index is 0.0398. The average molecular weight is 484 g/mol. The Morgan fingerprint density at radius 2 is 1.26 bits per heavy atom. The number of rotatable bonds is 7. The van der Waals surface area contributed by atoms with Crippen molar-refractivity contribution in [3.63, 3.8) is 0 Å². The standard InChI is InChI=1S/C25H24O10/c26-17-7-1-15(2-8-17)5-11-21(29)34-20-14-25(33,24(31)32)13-19(28)23(20)35-22(30)12-6-16-3-9-18(27)10-4-16/h1-12,19-20,23,26-28,33H,13-14H2,(H,31,32)/b11-5+,12-6+/t19?,20-,23-,25+/m0/s1. The first kappa shape index (κ1) is 25.5. The molecule has 10 nitrogen and oxygen atoms in total. The Labute approximate surface area is 200 Å². The van der Waals surface area contributed by atoms with E-state index < -0.39 is 54.7 Å². The van der Waals surface area contributed by atoms with Crippen molar-refractivity contribution in [1.29, 1.82) is 0 Å². The maximum atomic E-state index is 12.4. The third-order valence-corrected chi connectivity index (χ3v) is 5.36. The van der Waals surface area contributed by atoms with Crippen LogP contribution in [0.1, 0.15) is 24.0 Å². The second-order valence-electron chi connectivity index (χ2n) is 8.04. The molecule has 184 valence electrons. The number of hydrogen-bond acceptors (Lipinski definition) is 9. The lowest BCUT2D eigenvalue weighted by molar-refractivity contribution is -0.204. The highest BCUT2D eigenvalue weighted by Crippen LogP contribution is 2.33. The Kier molecular flexibility index (Phi) is 7.90. The van der Waals surface area contributed by atoms with E-state index in [0.29, 0.717) is 11.1 Å². The Morgan fingerprint density at radius 1 is 0.800 bits per heavy atom. The summed E-state index contributed by atoms with van der Waals surface area (Å²) in [4.78, 5) is 36.2. The van der Waals surface area contributed by atoms with Gasteiger partial charge in [0.05, 0.1) is 6.10 Å². The number of hydrogen-bond donors (Lipinski definition) is 5. The normalized spacial score (nSPS) is 24.3. The molecule has 2 aromatic rings. The number of carbonyl (C=O) groups is 3. The highest BCUT2D eigenvalue weighted by molar-refractivity contribution is 5.88. The van der Waals surface area contributed by atoms with Crippen LogP contribution in [0.5, 0.6) is 11.5 Å². The molecule has 1 fully saturated rings. The number of carbonyl (C=O) groups excluding carboxylic acids is 2. The molecule has 2 aromatic carbocycles. The molecule has 3 rings (SSSR count). The van der Waals surface area contributed by atoms with Crippen LogP contribution in [0.4, 0.5) is 0 Å². The van der Waals surface area contributed by atoms with E-state index in [1.54, 1.807) is 12.1 Å². The summed E-state index contributed by atoms with van der Waals surface area (Å²) in [6.45, 7) is 0. The van der Waals surface area contributed by atoms with Crippen LogP contribution >= 0.6 is 0 Å². The average Bonchev–Trinajstić information content (AvgIpc) is 2.80. The summed E-state index contributed by atoms with van der Waals surface area (Å²) < 4.78 is 10.5. The van der Waals surface area contributed by atoms with Gasteiger partial charge in [-0.15, -0.1) is 0 Å². The van der Waals surface area contributed by atoms with Crippen molar-refractivity contribution in [2.24, 2.45) is 0 Å². The molecular weight excluding hydrogens is 460 g/mol. The molecule has 0 spiro atoms. The largest absolute Gasteiger partial charge is 0.508 e. The van der Waals surface area contributed by atoms with Crippen molar-refractivity contribution in [2.45, 2.75) is 36.8 Å². The molecule has 4 atom stereocenters. The number of aliphatic hydroxyl groups excluding tert-OH is 1. The van der Waals surface area contributed by atoms with Gasteiger partial charge in [0.15, 0.2) is 11.7 Å². The zero-order chi connectivity index (χ0) is 25.6. The number of phenolic OH excluding ortho intramolecular Hbond substituents is 2. The van der Waals surface area contributed by atoms with Crippen LogP contribution in [0.3, 0.4) is 0 Å². The lowest BCUT2D eigenvalue weighted by Gasteiger charge is -2.40. The van der Waals surface area contributed by atoms with Gasteiger partial charge < -0.3 is 35.0 Å². The van der Waals surface area contributed by atoms with Crippen molar-refractivity contribution in [1.82, 2.24) is 0 Å². The van der Waals surface area contributed by atoms with E-state index in [1.165, 1.54) is 48.6 Å². The van der Waals surface area contributed by atoms with E-state index in [1.807, 2.05) is 0 Å². The summed E-state index contributed by atoms with van der Waals surface area (Å²) in [5, 5.41) is 48.8. The van der Waals surface area contributed by atoms with Crippen LogP contribution in [0, 0.1) is 0 Å². The van der Waals surface area contributed by atoms with E-state index >= 15 is 0 Å². The molecule has 0 bridgehead atoms. The number of aliphatic carboxylic acids is 1. The topological polar surface area (TPSA) is 171 Å². The molecule has 1 saturated carbocycles. The highest BCUT2D eigenvalue weighted by atomic mass is 16.6. The summed E-state index contributed by atoms with van der Waals surface area (Å²) in [6.07, 6.45) is -0.901. The molecule has 0 saturated heterocycles. The van der Waals surface area contributed by atoms with Crippen LogP contribution in [0.2, 0.25) is 0 Å². The second kappa shape index (κ2) is 10.9. The van der Waals surface area contributed by atoms with Gasteiger partial charge in [0, 0.05) is 25.0 Å². The van der Waals surface area contributed by atoms with Crippen molar-refractivity contribution in [2.75, 3.05) is 0 Å². The van der Waals surface area contributed by atoms with Gasteiger partial charge in [-0.3, -0.25) is 0 Å². The molecule has 0 aliphatic heterocycles. The van der Waals surface area contributed by atoms with Crippen LogP contribution < -0.4 is 0 Å². The van der Waals surface area contributed by atoms with Crippen molar-refractivity contribution in [3.05, 3.63) is 71.8 Å². The summed E-state index contributed by atoms with van der Waals surface area (Å²) in [7, 11) is 0. The minimum Gasteiger partial charge on any atom is -0.508 e. The van der Waals surface area contributed by atoms with Crippen molar-refractivity contribution >= 4 is 30.1 Å². The Balaban J connectivity index is 1.73. The minimum atomic E-state index is -2.39.